The van der Waals surface area contributed by atoms with Gasteiger partial charge in [-0.2, -0.15) is 0 Å². The molecule has 0 saturated heterocycles. The van der Waals surface area contributed by atoms with Crippen LogP contribution in [0.4, 0.5) is 68.2 Å². The van der Waals surface area contributed by atoms with Gasteiger partial charge in [-0.25, -0.2) is 0 Å². The molecular formula is C72H46B2N4. The minimum Gasteiger partial charge on any atom is -0.311 e. The molecule has 0 amide bonds. The lowest BCUT2D eigenvalue weighted by Crippen LogP contribution is -2.61. The van der Waals surface area contributed by atoms with E-state index in [1.165, 1.54) is 122 Å². The van der Waals surface area contributed by atoms with Crippen LogP contribution in [0.25, 0.3) is 43.4 Å². The normalized spacial score (nSPS) is 13.5. The third kappa shape index (κ3) is 6.14. The van der Waals surface area contributed by atoms with Crippen LogP contribution in [0.2, 0.25) is 0 Å². The molecule has 17 rings (SSSR count). The van der Waals surface area contributed by atoms with Crippen molar-refractivity contribution >= 4 is 147 Å². The molecule has 0 unspecified atom stereocenters. The van der Waals surface area contributed by atoms with Gasteiger partial charge in [0.1, 0.15) is 0 Å². The summed E-state index contributed by atoms with van der Waals surface area (Å²) in [5, 5.41) is 7.33. The van der Waals surface area contributed by atoms with Crippen molar-refractivity contribution in [3.8, 4) is 11.1 Å². The summed E-state index contributed by atoms with van der Waals surface area (Å²) in [6.45, 7) is -0.0280. The Balaban J connectivity index is 0.937. The van der Waals surface area contributed by atoms with E-state index in [1.807, 2.05) is 0 Å². The van der Waals surface area contributed by atoms with E-state index < -0.39 is 0 Å². The van der Waals surface area contributed by atoms with Crippen molar-refractivity contribution < 1.29 is 0 Å². The van der Waals surface area contributed by atoms with Crippen molar-refractivity contribution in [2.75, 3.05) is 19.6 Å². The van der Waals surface area contributed by atoms with Gasteiger partial charge in [-0.05, 0) is 145 Å². The molecule has 4 aliphatic heterocycles. The second-order valence-corrected chi connectivity index (χ2v) is 21.1. The van der Waals surface area contributed by atoms with E-state index in [9.17, 15) is 0 Å². The quantitative estimate of drug-likeness (QED) is 0.159. The van der Waals surface area contributed by atoms with Gasteiger partial charge in [0.05, 0.1) is 11.4 Å². The summed E-state index contributed by atoms with van der Waals surface area (Å²) in [6, 6.07) is 104. The molecule has 6 heteroatoms. The Labute approximate surface area is 454 Å². The molecule has 4 aliphatic rings. The lowest BCUT2D eigenvalue weighted by atomic mass is 9.33. The molecule has 0 saturated carbocycles. The van der Waals surface area contributed by atoms with Gasteiger partial charge < -0.3 is 19.6 Å². The Morgan fingerprint density at radius 3 is 1.24 bits per heavy atom. The number of nitrogens with zero attached hydrogens (tertiary/aromatic N) is 4. The summed E-state index contributed by atoms with van der Waals surface area (Å²) in [5.74, 6) is 0. The number of hydrogen-bond donors (Lipinski definition) is 0. The molecule has 0 spiro atoms. The zero-order chi connectivity index (χ0) is 51.0. The number of benzene rings is 13. The highest BCUT2D eigenvalue weighted by Crippen LogP contribution is 2.51. The second kappa shape index (κ2) is 16.7. The highest BCUT2D eigenvalue weighted by atomic mass is 15.2. The predicted octanol–water partition coefficient (Wildman–Crippen LogP) is 15.0. The van der Waals surface area contributed by atoms with Crippen LogP contribution in [0, 0.1) is 0 Å². The predicted molar refractivity (Wildman–Crippen MR) is 332 cm³/mol. The summed E-state index contributed by atoms with van der Waals surface area (Å²) >= 11 is 0. The van der Waals surface area contributed by atoms with Crippen LogP contribution in [0.15, 0.2) is 279 Å². The molecule has 0 aliphatic carbocycles. The Morgan fingerprint density at radius 2 is 0.628 bits per heavy atom. The number of anilines is 12. The van der Waals surface area contributed by atoms with Gasteiger partial charge in [0, 0.05) is 73.0 Å². The Hall–Kier alpha value is -10.0. The first-order valence-electron chi connectivity index (χ1n) is 27.2. The number of rotatable bonds is 5. The Kier molecular flexibility index (Phi) is 9.28. The summed E-state index contributed by atoms with van der Waals surface area (Å²) in [6.07, 6.45) is 0. The Morgan fingerprint density at radius 1 is 0.218 bits per heavy atom. The summed E-state index contributed by atoms with van der Waals surface area (Å²) < 4.78 is 0. The van der Waals surface area contributed by atoms with Crippen LogP contribution in [-0.4, -0.2) is 13.4 Å². The van der Waals surface area contributed by atoms with E-state index in [4.69, 9.17) is 0 Å². The summed E-state index contributed by atoms with van der Waals surface area (Å²) in [4.78, 5) is 10.1. The van der Waals surface area contributed by atoms with Crippen molar-refractivity contribution in [2.45, 2.75) is 0 Å². The van der Waals surface area contributed by atoms with E-state index in [2.05, 4.69) is 299 Å². The lowest BCUT2D eigenvalue weighted by Gasteiger charge is -2.45. The topological polar surface area (TPSA) is 13.0 Å². The third-order valence-electron chi connectivity index (χ3n) is 17.1. The van der Waals surface area contributed by atoms with Crippen LogP contribution in [0.3, 0.4) is 0 Å². The molecule has 360 valence electrons. The van der Waals surface area contributed by atoms with Crippen molar-refractivity contribution in [3.63, 3.8) is 0 Å². The molecule has 0 atom stereocenters. The monoisotopic (exact) mass is 988 g/mol. The number of fused-ring (bicyclic) bond motifs is 14. The van der Waals surface area contributed by atoms with E-state index in [0.717, 1.165) is 22.7 Å². The highest BCUT2D eigenvalue weighted by molar-refractivity contribution is 7.01. The smallest absolute Gasteiger partial charge is 0.252 e. The molecule has 0 aromatic heterocycles. The second-order valence-electron chi connectivity index (χ2n) is 21.1. The molecule has 13 aromatic carbocycles. The van der Waals surface area contributed by atoms with E-state index in [1.54, 1.807) is 0 Å². The van der Waals surface area contributed by atoms with Crippen LogP contribution in [0.1, 0.15) is 0 Å². The van der Waals surface area contributed by atoms with Crippen LogP contribution in [0.5, 0.6) is 0 Å². The molecule has 0 bridgehead atoms. The van der Waals surface area contributed by atoms with Crippen LogP contribution < -0.4 is 52.4 Å². The first-order valence-corrected chi connectivity index (χ1v) is 27.2. The molecule has 0 N–H and O–H groups in total. The van der Waals surface area contributed by atoms with Gasteiger partial charge in [-0.15, -0.1) is 0 Å². The average molecular weight is 989 g/mol. The first kappa shape index (κ1) is 43.2. The van der Waals surface area contributed by atoms with E-state index in [0.29, 0.717) is 0 Å². The van der Waals surface area contributed by atoms with Gasteiger partial charge in [0.2, 0.25) is 0 Å². The zero-order valence-electron chi connectivity index (χ0n) is 42.5. The molecular weight excluding hydrogens is 942 g/mol. The Bertz CT molecular complexity index is 4590. The minimum atomic E-state index is -0.0676. The fraction of sp³-hybridized carbons (Fsp3) is 0. The van der Waals surface area contributed by atoms with Crippen molar-refractivity contribution in [1.29, 1.82) is 0 Å². The standard InChI is InChI=1S/C72H46B2N4/c1-5-23-52(24-6-1)75-63-35-19-17-33-59(63)73-60-34-18-20-36-64(60)76(53-25-7-2-8-26-53)72-58-40-37-48(43-51(58)46-66(75)68(72)73)49-39-42-65-62(44-49)74-61-41-38-47-21-13-15-31-56(47)70(61)78(55-29-11-4-12-30-55)67-45-50-22-14-16-32-57(50)71(69(67)74)77(65)54-27-9-3-10-28-54/h1-46H. The highest BCUT2D eigenvalue weighted by Gasteiger charge is 2.46. The molecule has 0 radical (unpaired) electrons. The van der Waals surface area contributed by atoms with E-state index in [-0.39, 0.29) is 13.4 Å². The fourth-order valence-corrected chi connectivity index (χ4v) is 14.0. The van der Waals surface area contributed by atoms with Gasteiger partial charge in [-0.1, -0.05) is 194 Å². The SMILES string of the molecule is c1ccc(N2c3ccccc3B3c4ccccc4N(c4ccccc4)c4c3c2cc2cc(-c3ccc5c(c3)B3c6ccc7ccccc7c6N(c6ccccc6)c6cc7ccccc7c(c63)N5c3ccccc3)ccc42)cc1. The molecule has 4 nitrogen and oxygen atoms in total. The first-order chi connectivity index (χ1) is 38.7. The maximum absolute atomic E-state index is 2.55. The molecule has 0 fully saturated rings. The van der Waals surface area contributed by atoms with Crippen LogP contribution in [-0.2, 0) is 0 Å². The molecule has 4 heterocycles. The van der Waals surface area contributed by atoms with Gasteiger partial charge in [0.15, 0.2) is 0 Å². The lowest BCUT2D eigenvalue weighted by molar-refractivity contribution is 1.26. The third-order valence-corrected chi connectivity index (χ3v) is 17.1. The van der Waals surface area contributed by atoms with Crippen LogP contribution >= 0.6 is 0 Å². The average Bonchev–Trinajstić information content (AvgIpc) is 3.70. The molecule has 13 aromatic rings. The summed E-state index contributed by atoms with van der Waals surface area (Å²) in [5.41, 5.74) is 24.5. The zero-order valence-corrected chi connectivity index (χ0v) is 42.5. The van der Waals surface area contributed by atoms with Crippen molar-refractivity contribution in [1.82, 2.24) is 0 Å². The van der Waals surface area contributed by atoms with Gasteiger partial charge >= 0.3 is 0 Å². The maximum atomic E-state index is 2.55. The summed E-state index contributed by atoms with van der Waals surface area (Å²) in [7, 11) is 0. The van der Waals surface area contributed by atoms with Gasteiger partial charge in [0.25, 0.3) is 13.4 Å². The maximum Gasteiger partial charge on any atom is 0.252 e. The van der Waals surface area contributed by atoms with Crippen molar-refractivity contribution in [2.24, 2.45) is 0 Å². The molecule has 78 heavy (non-hydrogen) atoms. The number of hydrogen-bond acceptors (Lipinski definition) is 4. The number of para-hydroxylation sites is 6. The minimum absolute atomic E-state index is 0.0396. The largest absolute Gasteiger partial charge is 0.311 e. The van der Waals surface area contributed by atoms with Gasteiger partial charge in [-0.3, -0.25) is 0 Å². The fourth-order valence-electron chi connectivity index (χ4n) is 14.0. The van der Waals surface area contributed by atoms with E-state index >= 15 is 0 Å². The van der Waals surface area contributed by atoms with Crippen molar-refractivity contribution in [3.05, 3.63) is 279 Å².